The Morgan fingerprint density at radius 2 is 2.06 bits per heavy atom. The van der Waals surface area contributed by atoms with Crippen molar-refractivity contribution in [1.29, 1.82) is 0 Å². The molecule has 1 heterocycles. The Balaban J connectivity index is 2.85. The van der Waals surface area contributed by atoms with Crippen molar-refractivity contribution in [3.8, 4) is 0 Å². The van der Waals surface area contributed by atoms with Crippen LogP contribution in [0.2, 0.25) is 0 Å². The lowest BCUT2D eigenvalue weighted by Crippen LogP contribution is -2.52. The van der Waals surface area contributed by atoms with Gasteiger partial charge in [-0.1, -0.05) is 0 Å². The Morgan fingerprint density at radius 3 is 2.41 bits per heavy atom. The van der Waals surface area contributed by atoms with Crippen molar-refractivity contribution < 1.29 is 24.6 Å². The second kappa shape index (κ2) is 4.92. The Bertz CT molecular complexity index is 346. The molecule has 0 aliphatic carbocycles. The molecule has 8 heteroatoms. The van der Waals surface area contributed by atoms with E-state index in [1.54, 1.807) is 13.8 Å². The Labute approximate surface area is 102 Å². The molecular weight excluding hydrogens is 248 g/mol. The molecule has 7 nitrogen and oxygen atoms in total. The van der Waals surface area contributed by atoms with Crippen LogP contribution in [0.1, 0.15) is 13.8 Å². The van der Waals surface area contributed by atoms with Crippen LogP contribution in [0.25, 0.3) is 0 Å². The van der Waals surface area contributed by atoms with Gasteiger partial charge in [0.25, 0.3) is 0 Å². The number of hydrogen-bond donors (Lipinski definition) is 4. The van der Waals surface area contributed by atoms with E-state index in [0.29, 0.717) is 6.41 Å². The third-order valence-electron chi connectivity index (χ3n) is 2.52. The number of carboxylic acid groups (broad SMARTS) is 2. The predicted octanol–water partition coefficient (Wildman–Crippen LogP) is -0.920. The van der Waals surface area contributed by atoms with Gasteiger partial charge in [0.1, 0.15) is 6.04 Å². The first-order valence-electron chi connectivity index (χ1n) is 4.89. The molecule has 0 aromatic heterocycles. The van der Waals surface area contributed by atoms with Crippen LogP contribution >= 0.6 is 11.8 Å². The maximum atomic E-state index is 11.0. The number of thioether (sulfide) groups is 1. The predicted molar refractivity (Wildman–Crippen MR) is 60.6 cm³/mol. The first-order chi connectivity index (χ1) is 7.79. The number of carbonyl (C=O) groups excluding carboxylic acids is 1. The minimum atomic E-state index is -1.20. The molecule has 1 aliphatic heterocycles. The van der Waals surface area contributed by atoms with Crippen molar-refractivity contribution in [2.75, 3.05) is 0 Å². The fourth-order valence-corrected chi connectivity index (χ4v) is 3.18. The Kier molecular flexibility index (Phi) is 3.99. The zero-order valence-electron chi connectivity index (χ0n) is 9.34. The topological polar surface area (TPSA) is 116 Å². The first-order valence-corrected chi connectivity index (χ1v) is 5.76. The molecule has 1 amide bonds. The summed E-state index contributed by atoms with van der Waals surface area (Å²) in [6, 6.07) is -2.01. The van der Waals surface area contributed by atoms with Gasteiger partial charge in [-0.15, -0.1) is 11.8 Å². The summed E-state index contributed by atoms with van der Waals surface area (Å²) in [5.74, 6) is -2.25. The number of rotatable bonds is 5. The smallest absolute Gasteiger partial charge is 0.328 e. The van der Waals surface area contributed by atoms with Gasteiger partial charge in [-0.25, -0.2) is 4.79 Å². The molecule has 1 saturated heterocycles. The van der Waals surface area contributed by atoms with Gasteiger partial charge in [0, 0.05) is 4.75 Å². The molecule has 1 aliphatic rings. The van der Waals surface area contributed by atoms with Crippen LogP contribution in [0.3, 0.4) is 0 Å². The van der Waals surface area contributed by atoms with Gasteiger partial charge in [-0.05, 0) is 13.8 Å². The lowest BCUT2D eigenvalue weighted by molar-refractivity contribution is -0.142. The minimum Gasteiger partial charge on any atom is -0.480 e. The van der Waals surface area contributed by atoms with E-state index < -0.39 is 34.1 Å². The van der Waals surface area contributed by atoms with Crippen LogP contribution in [0.5, 0.6) is 0 Å². The standard InChI is InChI=1S/C9H14N2O5S/c1-9(2)5(8(15)16)11-6(17-9)4(7(13)14)10-3-12/h3-6,11H,1-2H3,(H,10,12)(H,13,14)(H,15,16)/t4-,5-,6+/m0/s1. The summed E-state index contributed by atoms with van der Waals surface area (Å²) < 4.78 is -0.644. The van der Waals surface area contributed by atoms with Crippen LogP contribution in [0.15, 0.2) is 0 Å². The second-order valence-corrected chi connectivity index (χ2v) is 5.98. The van der Waals surface area contributed by atoms with Crippen molar-refractivity contribution >= 4 is 30.1 Å². The molecule has 0 radical (unpaired) electrons. The fourth-order valence-electron chi connectivity index (χ4n) is 1.69. The van der Waals surface area contributed by atoms with Gasteiger partial charge in [-0.3, -0.25) is 14.9 Å². The van der Waals surface area contributed by atoms with E-state index in [9.17, 15) is 14.4 Å². The van der Waals surface area contributed by atoms with E-state index in [0.717, 1.165) is 0 Å². The van der Waals surface area contributed by atoms with Crippen molar-refractivity contribution in [2.45, 2.75) is 36.1 Å². The largest absolute Gasteiger partial charge is 0.480 e. The number of carboxylic acids is 2. The molecule has 1 rings (SSSR count). The SMILES string of the molecule is CC1(C)S[C@H]([C@H](NC=O)C(=O)O)N[C@H]1C(=O)O. The molecule has 0 saturated carbocycles. The highest BCUT2D eigenvalue weighted by molar-refractivity contribution is 8.01. The van der Waals surface area contributed by atoms with Crippen LogP contribution in [0, 0.1) is 0 Å². The third kappa shape index (κ3) is 2.89. The fraction of sp³-hybridized carbons (Fsp3) is 0.667. The number of amides is 1. The van der Waals surface area contributed by atoms with Crippen LogP contribution in [-0.4, -0.2) is 50.8 Å². The van der Waals surface area contributed by atoms with E-state index in [-0.39, 0.29) is 0 Å². The van der Waals surface area contributed by atoms with Gasteiger partial charge in [0.05, 0.1) is 5.37 Å². The molecule has 4 N–H and O–H groups in total. The quantitative estimate of drug-likeness (QED) is 0.473. The Hall–Kier alpha value is -1.28. The molecule has 96 valence electrons. The highest BCUT2D eigenvalue weighted by Crippen LogP contribution is 2.39. The van der Waals surface area contributed by atoms with Gasteiger partial charge < -0.3 is 15.5 Å². The molecule has 0 aromatic carbocycles. The monoisotopic (exact) mass is 262 g/mol. The molecule has 3 atom stereocenters. The van der Waals surface area contributed by atoms with Crippen molar-refractivity contribution in [3.63, 3.8) is 0 Å². The molecule has 0 unspecified atom stereocenters. The summed E-state index contributed by atoms with van der Waals surface area (Å²) in [6.45, 7) is 3.42. The highest BCUT2D eigenvalue weighted by Gasteiger charge is 2.48. The summed E-state index contributed by atoms with van der Waals surface area (Å²) in [7, 11) is 0. The number of aliphatic carboxylic acids is 2. The van der Waals surface area contributed by atoms with Crippen molar-refractivity contribution in [1.82, 2.24) is 10.6 Å². The summed E-state index contributed by atoms with van der Waals surface area (Å²) in [6.07, 6.45) is 0.294. The van der Waals surface area contributed by atoms with Gasteiger partial charge in [-0.2, -0.15) is 0 Å². The number of hydrogen-bond acceptors (Lipinski definition) is 5. The van der Waals surface area contributed by atoms with Crippen molar-refractivity contribution in [2.24, 2.45) is 0 Å². The van der Waals surface area contributed by atoms with Crippen LogP contribution in [-0.2, 0) is 14.4 Å². The summed E-state index contributed by atoms with van der Waals surface area (Å²) in [5.41, 5.74) is 0. The van der Waals surface area contributed by atoms with E-state index in [4.69, 9.17) is 10.2 Å². The van der Waals surface area contributed by atoms with E-state index >= 15 is 0 Å². The maximum absolute atomic E-state index is 11.0. The van der Waals surface area contributed by atoms with E-state index in [1.165, 1.54) is 11.8 Å². The van der Waals surface area contributed by atoms with Crippen molar-refractivity contribution in [3.05, 3.63) is 0 Å². The van der Waals surface area contributed by atoms with Gasteiger partial charge in [0.15, 0.2) is 6.04 Å². The third-order valence-corrected chi connectivity index (χ3v) is 4.03. The molecular formula is C9H14N2O5S. The average Bonchev–Trinajstić information content (AvgIpc) is 2.49. The maximum Gasteiger partial charge on any atom is 0.328 e. The van der Waals surface area contributed by atoms with Gasteiger partial charge >= 0.3 is 11.9 Å². The second-order valence-electron chi connectivity index (χ2n) is 4.18. The molecule has 0 aromatic rings. The summed E-state index contributed by atoms with van der Waals surface area (Å²) in [5, 5.41) is 22.1. The first kappa shape index (κ1) is 13.8. The van der Waals surface area contributed by atoms with E-state index in [1.807, 2.05) is 0 Å². The normalized spacial score (nSPS) is 28.4. The molecule has 17 heavy (non-hydrogen) atoms. The zero-order chi connectivity index (χ0) is 13.2. The zero-order valence-corrected chi connectivity index (χ0v) is 10.2. The molecule has 0 spiro atoms. The summed E-state index contributed by atoms with van der Waals surface area (Å²) in [4.78, 5) is 32.3. The molecule has 0 bridgehead atoms. The minimum absolute atomic E-state index is 0.294. The number of nitrogens with one attached hydrogen (secondary N) is 2. The summed E-state index contributed by atoms with van der Waals surface area (Å²) >= 11 is 1.19. The lowest BCUT2D eigenvalue weighted by atomic mass is 10.0. The van der Waals surface area contributed by atoms with Crippen LogP contribution in [0.4, 0.5) is 0 Å². The highest BCUT2D eigenvalue weighted by atomic mass is 32.2. The van der Waals surface area contributed by atoms with Gasteiger partial charge in [0.2, 0.25) is 6.41 Å². The van der Waals surface area contributed by atoms with E-state index in [2.05, 4.69) is 10.6 Å². The molecule has 1 fully saturated rings. The number of carbonyl (C=O) groups is 3. The lowest BCUT2D eigenvalue weighted by Gasteiger charge is -2.21. The Morgan fingerprint density at radius 1 is 1.47 bits per heavy atom. The average molecular weight is 262 g/mol. The van der Waals surface area contributed by atoms with Crippen LogP contribution < -0.4 is 10.6 Å².